The van der Waals surface area contributed by atoms with Crippen LogP contribution >= 0.6 is 11.3 Å². The van der Waals surface area contributed by atoms with Crippen molar-refractivity contribution in [3.05, 3.63) is 47.6 Å². The summed E-state index contributed by atoms with van der Waals surface area (Å²) >= 11 is 1.46. The normalized spacial score (nSPS) is 10.6. The molecule has 82 valence electrons. The number of para-hydroxylation sites is 1. The van der Waals surface area contributed by atoms with Crippen LogP contribution in [0, 0.1) is 0 Å². The Hall–Kier alpha value is -2.07. The van der Waals surface area contributed by atoms with E-state index >= 15 is 0 Å². The fourth-order valence-electron chi connectivity index (χ4n) is 1.74. The number of pyridine rings is 1. The summed E-state index contributed by atoms with van der Waals surface area (Å²) in [5.74, 6) is 0. The van der Waals surface area contributed by atoms with Crippen LogP contribution in [0.15, 0.2) is 41.9 Å². The minimum atomic E-state index is 0.470. The van der Waals surface area contributed by atoms with Crippen LogP contribution in [-0.4, -0.2) is 16.3 Å². The van der Waals surface area contributed by atoms with Crippen LogP contribution in [0.5, 0.6) is 0 Å². The summed E-state index contributed by atoms with van der Waals surface area (Å²) < 4.78 is 0. The van der Waals surface area contributed by atoms with E-state index in [0.29, 0.717) is 5.69 Å². The van der Waals surface area contributed by atoms with Gasteiger partial charge in [0.1, 0.15) is 10.7 Å². The first kappa shape index (κ1) is 10.1. The van der Waals surface area contributed by atoms with E-state index in [2.05, 4.69) is 9.97 Å². The van der Waals surface area contributed by atoms with Crippen LogP contribution < -0.4 is 0 Å². The number of benzene rings is 1. The molecule has 0 aliphatic rings. The lowest BCUT2D eigenvalue weighted by Crippen LogP contribution is -1.84. The summed E-state index contributed by atoms with van der Waals surface area (Å²) in [6, 6.07) is 9.88. The first-order valence-corrected chi connectivity index (χ1v) is 6.01. The molecule has 0 aliphatic heterocycles. The Morgan fingerprint density at radius 3 is 2.88 bits per heavy atom. The van der Waals surface area contributed by atoms with Crippen molar-refractivity contribution in [1.82, 2.24) is 9.97 Å². The predicted molar refractivity (Wildman–Crippen MR) is 68.2 cm³/mol. The van der Waals surface area contributed by atoms with E-state index in [1.807, 2.05) is 30.3 Å². The summed E-state index contributed by atoms with van der Waals surface area (Å²) in [5, 5.41) is 3.66. The molecule has 0 unspecified atom stereocenters. The average molecular weight is 240 g/mol. The number of carbonyl (C=O) groups excluding carboxylic acids is 1. The molecule has 0 atom stereocenters. The molecule has 17 heavy (non-hydrogen) atoms. The van der Waals surface area contributed by atoms with Crippen molar-refractivity contribution in [1.29, 1.82) is 0 Å². The summed E-state index contributed by atoms with van der Waals surface area (Å²) in [6.07, 6.45) is 2.53. The Labute approximate surface area is 102 Å². The molecule has 0 aliphatic carbocycles. The Morgan fingerprint density at radius 2 is 2.06 bits per heavy atom. The van der Waals surface area contributed by atoms with Crippen molar-refractivity contribution in [2.75, 3.05) is 0 Å². The number of thiazole rings is 1. The van der Waals surface area contributed by atoms with Crippen molar-refractivity contribution < 1.29 is 4.79 Å². The van der Waals surface area contributed by atoms with E-state index in [-0.39, 0.29) is 0 Å². The van der Waals surface area contributed by atoms with Crippen molar-refractivity contribution in [3.8, 4) is 10.6 Å². The fourth-order valence-corrected chi connectivity index (χ4v) is 2.53. The minimum Gasteiger partial charge on any atom is -0.296 e. The van der Waals surface area contributed by atoms with Gasteiger partial charge < -0.3 is 0 Å². The van der Waals surface area contributed by atoms with Gasteiger partial charge in [-0.2, -0.15) is 0 Å². The first-order chi connectivity index (χ1) is 8.38. The van der Waals surface area contributed by atoms with E-state index in [1.165, 1.54) is 11.3 Å². The van der Waals surface area contributed by atoms with Gasteiger partial charge in [0.05, 0.1) is 5.52 Å². The van der Waals surface area contributed by atoms with Crippen molar-refractivity contribution in [3.63, 3.8) is 0 Å². The number of hydrogen-bond donors (Lipinski definition) is 0. The summed E-state index contributed by atoms with van der Waals surface area (Å²) in [5.41, 5.74) is 2.36. The molecular formula is C13H8N2OS. The predicted octanol–water partition coefficient (Wildman–Crippen LogP) is 3.17. The smallest absolute Gasteiger partial charge is 0.169 e. The molecule has 0 saturated heterocycles. The maximum absolute atomic E-state index is 10.6. The quantitative estimate of drug-likeness (QED) is 0.646. The first-order valence-electron chi connectivity index (χ1n) is 5.13. The number of rotatable bonds is 2. The highest BCUT2D eigenvalue weighted by atomic mass is 32.1. The fraction of sp³-hybridized carbons (Fsp3) is 0. The third-order valence-corrected chi connectivity index (χ3v) is 3.40. The molecule has 3 nitrogen and oxygen atoms in total. The number of fused-ring (bicyclic) bond motifs is 1. The van der Waals surface area contributed by atoms with E-state index in [1.54, 1.807) is 11.6 Å². The highest BCUT2D eigenvalue weighted by Crippen LogP contribution is 2.29. The maximum Gasteiger partial charge on any atom is 0.169 e. The molecule has 0 amide bonds. The zero-order chi connectivity index (χ0) is 11.7. The number of carbonyl (C=O) groups is 1. The zero-order valence-corrected chi connectivity index (χ0v) is 9.65. The topological polar surface area (TPSA) is 42.9 Å². The molecule has 0 saturated carbocycles. The molecule has 0 N–H and O–H groups in total. The number of aldehydes is 1. The summed E-state index contributed by atoms with van der Waals surface area (Å²) in [6.45, 7) is 0. The molecule has 0 spiro atoms. The average Bonchev–Trinajstić information content (AvgIpc) is 2.87. The highest BCUT2D eigenvalue weighted by Gasteiger charge is 2.08. The van der Waals surface area contributed by atoms with Gasteiger partial charge >= 0.3 is 0 Å². The summed E-state index contributed by atoms with van der Waals surface area (Å²) in [7, 11) is 0. The van der Waals surface area contributed by atoms with Gasteiger partial charge in [0.15, 0.2) is 6.29 Å². The molecule has 3 aromatic rings. The van der Waals surface area contributed by atoms with Crippen molar-refractivity contribution in [2.24, 2.45) is 0 Å². The largest absolute Gasteiger partial charge is 0.296 e. The molecular weight excluding hydrogens is 232 g/mol. The molecule has 0 radical (unpaired) electrons. The van der Waals surface area contributed by atoms with Crippen molar-refractivity contribution in [2.45, 2.75) is 0 Å². The van der Waals surface area contributed by atoms with Gasteiger partial charge in [-0.05, 0) is 12.1 Å². The van der Waals surface area contributed by atoms with Crippen molar-refractivity contribution >= 4 is 28.5 Å². The molecule has 3 rings (SSSR count). The lowest BCUT2D eigenvalue weighted by atomic mass is 10.1. The zero-order valence-electron chi connectivity index (χ0n) is 8.83. The number of hydrogen-bond acceptors (Lipinski definition) is 4. The second-order valence-electron chi connectivity index (χ2n) is 3.58. The highest BCUT2D eigenvalue weighted by molar-refractivity contribution is 7.13. The molecule has 1 aromatic carbocycles. The lowest BCUT2D eigenvalue weighted by Gasteiger charge is -2.01. The standard InChI is InChI=1S/C13H8N2OS/c16-7-10-8-17-13(15-10)11-5-1-3-9-4-2-6-14-12(9)11/h1-8H. The van der Waals surface area contributed by atoms with Gasteiger partial charge in [0.25, 0.3) is 0 Å². The van der Waals surface area contributed by atoms with E-state index in [9.17, 15) is 4.79 Å². The second-order valence-corrected chi connectivity index (χ2v) is 4.43. The van der Waals surface area contributed by atoms with Gasteiger partial charge in [-0.25, -0.2) is 4.98 Å². The Kier molecular flexibility index (Phi) is 2.42. The van der Waals surface area contributed by atoms with Crippen LogP contribution in [0.1, 0.15) is 10.5 Å². The third-order valence-electron chi connectivity index (χ3n) is 2.51. The lowest BCUT2D eigenvalue weighted by molar-refractivity contribution is 0.111. The van der Waals surface area contributed by atoms with E-state index < -0.39 is 0 Å². The monoisotopic (exact) mass is 240 g/mol. The molecule has 2 aromatic heterocycles. The van der Waals surface area contributed by atoms with Crippen LogP contribution in [0.3, 0.4) is 0 Å². The van der Waals surface area contributed by atoms with Gasteiger partial charge in [-0.3, -0.25) is 9.78 Å². The minimum absolute atomic E-state index is 0.470. The number of aromatic nitrogens is 2. The number of nitrogens with zero attached hydrogens (tertiary/aromatic N) is 2. The molecule has 4 heteroatoms. The van der Waals surface area contributed by atoms with Crippen LogP contribution in [-0.2, 0) is 0 Å². The SMILES string of the molecule is O=Cc1csc(-c2cccc3cccnc23)n1. The van der Waals surface area contributed by atoms with Crippen LogP contribution in [0.4, 0.5) is 0 Å². The van der Waals surface area contributed by atoms with Crippen LogP contribution in [0.25, 0.3) is 21.5 Å². The van der Waals surface area contributed by atoms with Gasteiger partial charge in [-0.15, -0.1) is 11.3 Å². The van der Waals surface area contributed by atoms with E-state index in [4.69, 9.17) is 0 Å². The Bertz CT molecular complexity index is 685. The van der Waals surface area contributed by atoms with Gasteiger partial charge in [0, 0.05) is 22.5 Å². The molecule has 0 bridgehead atoms. The Morgan fingerprint density at radius 1 is 1.18 bits per heavy atom. The summed E-state index contributed by atoms with van der Waals surface area (Å²) in [4.78, 5) is 19.3. The Balaban J connectivity index is 2.26. The third kappa shape index (κ3) is 1.72. The van der Waals surface area contributed by atoms with E-state index in [0.717, 1.165) is 27.8 Å². The van der Waals surface area contributed by atoms with Crippen LogP contribution in [0.2, 0.25) is 0 Å². The van der Waals surface area contributed by atoms with Gasteiger partial charge in [-0.1, -0.05) is 18.2 Å². The second kappa shape index (κ2) is 4.07. The van der Waals surface area contributed by atoms with Gasteiger partial charge in [0.2, 0.25) is 0 Å². The molecule has 2 heterocycles. The maximum atomic E-state index is 10.6. The molecule has 0 fully saturated rings.